The summed E-state index contributed by atoms with van der Waals surface area (Å²) in [5, 5.41) is 7.73. The van der Waals surface area contributed by atoms with Crippen LogP contribution in [0.2, 0.25) is 0 Å². The fourth-order valence-electron chi connectivity index (χ4n) is 2.02. The van der Waals surface area contributed by atoms with Gasteiger partial charge in [0.2, 0.25) is 0 Å². The molecule has 0 bridgehead atoms. The van der Waals surface area contributed by atoms with E-state index in [2.05, 4.69) is 14.9 Å². The Bertz CT molecular complexity index is 444. The average Bonchev–Trinajstić information content (AvgIpc) is 2.80. The van der Waals surface area contributed by atoms with Gasteiger partial charge in [-0.25, -0.2) is 4.79 Å². The van der Waals surface area contributed by atoms with E-state index in [0.717, 1.165) is 18.8 Å². The second kappa shape index (κ2) is 4.40. The summed E-state index contributed by atoms with van der Waals surface area (Å²) in [6.07, 6.45) is 0.714. The molecule has 0 saturated heterocycles. The zero-order valence-corrected chi connectivity index (χ0v) is 9.07. The van der Waals surface area contributed by atoms with Gasteiger partial charge in [0.05, 0.1) is 0 Å². The molecule has 1 aliphatic heterocycles. The van der Waals surface area contributed by atoms with Gasteiger partial charge in [-0.2, -0.15) is 0 Å². The van der Waals surface area contributed by atoms with E-state index < -0.39 is 18.1 Å². The number of hydrogen-bond donors (Lipinski definition) is 2. The van der Waals surface area contributed by atoms with Gasteiger partial charge in [-0.1, -0.05) is 0 Å². The molecule has 2 unspecified atom stereocenters. The largest absolute Gasteiger partial charge is 0.436 e. The zero-order valence-electron chi connectivity index (χ0n) is 9.07. The van der Waals surface area contributed by atoms with Gasteiger partial charge < -0.3 is 20.8 Å². The van der Waals surface area contributed by atoms with Crippen molar-refractivity contribution in [2.45, 2.75) is 31.4 Å². The first-order valence-corrected chi connectivity index (χ1v) is 5.21. The molecule has 0 saturated carbocycles. The van der Waals surface area contributed by atoms with Crippen LogP contribution in [0.3, 0.4) is 0 Å². The lowest BCUT2D eigenvalue weighted by atomic mass is 9.99. The highest BCUT2D eigenvalue weighted by Gasteiger charge is 2.31. The lowest BCUT2D eigenvalue weighted by Gasteiger charge is -2.16. The molecule has 2 atom stereocenters. The monoisotopic (exact) mass is 239 g/mol. The van der Waals surface area contributed by atoms with Crippen LogP contribution in [0.4, 0.5) is 4.79 Å². The van der Waals surface area contributed by atoms with E-state index in [1.165, 1.54) is 0 Å². The number of primary amides is 2. The maximum Gasteiger partial charge on any atom is 0.405 e. The summed E-state index contributed by atoms with van der Waals surface area (Å²) in [4.78, 5) is 21.8. The molecule has 0 radical (unpaired) electrons. The van der Waals surface area contributed by atoms with Crippen molar-refractivity contribution < 1.29 is 14.3 Å². The number of nitrogens with two attached hydrogens (primary N) is 2. The number of nitrogens with zero attached hydrogens (tertiary/aromatic N) is 3. The Labute approximate surface area is 96.9 Å². The molecule has 2 rings (SSSR count). The normalized spacial score (nSPS) is 19.6. The van der Waals surface area contributed by atoms with Gasteiger partial charge in [0.25, 0.3) is 5.91 Å². The van der Waals surface area contributed by atoms with Gasteiger partial charge >= 0.3 is 6.09 Å². The minimum absolute atomic E-state index is 0.00866. The van der Waals surface area contributed by atoms with E-state index in [9.17, 15) is 9.59 Å². The topological polar surface area (TPSA) is 126 Å². The summed E-state index contributed by atoms with van der Waals surface area (Å²) in [6.45, 7) is 0.787. The molecule has 17 heavy (non-hydrogen) atoms. The molecule has 0 fully saturated rings. The lowest BCUT2D eigenvalue weighted by Crippen LogP contribution is -2.36. The van der Waals surface area contributed by atoms with E-state index in [1.807, 2.05) is 4.57 Å². The highest BCUT2D eigenvalue weighted by molar-refractivity contribution is 5.81. The van der Waals surface area contributed by atoms with Gasteiger partial charge in [-0.05, 0) is 6.42 Å². The number of ether oxygens (including phenoxy) is 1. The Balaban J connectivity index is 2.05. The van der Waals surface area contributed by atoms with Gasteiger partial charge in [-0.3, -0.25) is 4.79 Å². The maximum atomic E-state index is 11.1. The molecule has 4 N–H and O–H groups in total. The van der Waals surface area contributed by atoms with Crippen molar-refractivity contribution in [3.05, 3.63) is 12.2 Å². The number of carbonyl (C=O) groups excluding carboxylic acids is 2. The Morgan fingerprint density at radius 3 is 3.00 bits per heavy atom. The predicted octanol–water partition coefficient (Wildman–Crippen LogP) is -0.895. The fourth-order valence-corrected chi connectivity index (χ4v) is 2.02. The molecular formula is C9H13N5O3. The van der Waals surface area contributed by atoms with Gasteiger partial charge in [0.15, 0.2) is 6.10 Å². The quantitative estimate of drug-likeness (QED) is 0.704. The van der Waals surface area contributed by atoms with Crippen LogP contribution in [0.15, 0.2) is 6.33 Å². The van der Waals surface area contributed by atoms with Crippen molar-refractivity contribution in [1.82, 2.24) is 14.8 Å². The Kier molecular flexibility index (Phi) is 2.94. The van der Waals surface area contributed by atoms with Crippen molar-refractivity contribution in [2.75, 3.05) is 0 Å². The molecule has 8 heteroatoms. The second-order valence-electron chi connectivity index (χ2n) is 3.93. The molecule has 1 aliphatic rings. The molecule has 0 aromatic carbocycles. The number of rotatable bonds is 4. The summed E-state index contributed by atoms with van der Waals surface area (Å²) in [7, 11) is 0. The van der Waals surface area contributed by atoms with Crippen LogP contribution in [0.25, 0.3) is 0 Å². The average molecular weight is 239 g/mol. The van der Waals surface area contributed by atoms with Crippen molar-refractivity contribution in [2.24, 2.45) is 11.5 Å². The summed E-state index contributed by atoms with van der Waals surface area (Å²) in [5.41, 5.74) is 10.0. The first-order valence-electron chi connectivity index (χ1n) is 5.21. The summed E-state index contributed by atoms with van der Waals surface area (Å²) >= 11 is 0. The third-order valence-corrected chi connectivity index (χ3v) is 2.80. The summed E-state index contributed by atoms with van der Waals surface area (Å²) < 4.78 is 6.57. The molecule has 92 valence electrons. The van der Waals surface area contributed by atoms with E-state index in [0.29, 0.717) is 0 Å². The number of aromatic nitrogens is 3. The number of amides is 2. The predicted molar refractivity (Wildman–Crippen MR) is 55.6 cm³/mol. The lowest BCUT2D eigenvalue weighted by molar-refractivity contribution is -0.126. The van der Waals surface area contributed by atoms with Crippen LogP contribution in [0, 0.1) is 0 Å². The van der Waals surface area contributed by atoms with Crippen molar-refractivity contribution >= 4 is 12.0 Å². The van der Waals surface area contributed by atoms with Crippen LogP contribution in [-0.4, -0.2) is 32.9 Å². The number of aryl methyl sites for hydroxylation is 1. The van der Waals surface area contributed by atoms with Crippen molar-refractivity contribution in [3.63, 3.8) is 0 Å². The fraction of sp³-hybridized carbons (Fsp3) is 0.556. The van der Waals surface area contributed by atoms with E-state index >= 15 is 0 Å². The number of carbonyl (C=O) groups is 2. The molecule has 0 aliphatic carbocycles. The Morgan fingerprint density at radius 2 is 2.35 bits per heavy atom. The molecule has 0 spiro atoms. The van der Waals surface area contributed by atoms with E-state index in [4.69, 9.17) is 11.5 Å². The smallest absolute Gasteiger partial charge is 0.405 e. The van der Waals surface area contributed by atoms with E-state index in [1.54, 1.807) is 6.33 Å². The highest BCUT2D eigenvalue weighted by atomic mass is 16.6. The minimum atomic E-state index is -1.01. The SMILES string of the molecule is NC(=O)OC(CC1CCn2cnnc21)C(N)=O. The molecule has 2 heterocycles. The van der Waals surface area contributed by atoms with Crippen molar-refractivity contribution in [3.8, 4) is 0 Å². The van der Waals surface area contributed by atoms with Gasteiger partial charge in [0, 0.05) is 18.9 Å². The van der Waals surface area contributed by atoms with Crippen LogP contribution in [-0.2, 0) is 16.1 Å². The summed E-state index contributed by atoms with van der Waals surface area (Å²) in [6, 6.07) is 0. The third kappa shape index (κ3) is 2.35. The third-order valence-electron chi connectivity index (χ3n) is 2.80. The van der Waals surface area contributed by atoms with Crippen LogP contribution in [0.5, 0.6) is 0 Å². The van der Waals surface area contributed by atoms with Crippen LogP contribution < -0.4 is 11.5 Å². The molecule has 8 nitrogen and oxygen atoms in total. The number of fused-ring (bicyclic) bond motifs is 1. The molecule has 1 aromatic rings. The first-order chi connectivity index (χ1) is 8.08. The molecular weight excluding hydrogens is 226 g/mol. The minimum Gasteiger partial charge on any atom is -0.436 e. The van der Waals surface area contributed by atoms with Crippen LogP contribution in [0.1, 0.15) is 24.6 Å². The standard InChI is InChI=1S/C9H13N5O3/c10-7(15)6(17-9(11)16)3-5-1-2-14-4-12-13-8(5)14/h4-6H,1-3H2,(H2,10,15)(H2,11,16). The summed E-state index contributed by atoms with van der Waals surface area (Å²) in [5.74, 6) is 0.0837. The Morgan fingerprint density at radius 1 is 1.59 bits per heavy atom. The highest BCUT2D eigenvalue weighted by Crippen LogP contribution is 2.30. The maximum absolute atomic E-state index is 11.1. The van der Waals surface area contributed by atoms with Crippen LogP contribution >= 0.6 is 0 Å². The number of hydrogen-bond acceptors (Lipinski definition) is 5. The Hall–Kier alpha value is -2.12. The first kappa shape index (κ1) is 11.4. The molecule has 2 amide bonds. The van der Waals surface area contributed by atoms with E-state index in [-0.39, 0.29) is 12.3 Å². The van der Waals surface area contributed by atoms with Crippen molar-refractivity contribution in [1.29, 1.82) is 0 Å². The zero-order chi connectivity index (χ0) is 12.4. The second-order valence-corrected chi connectivity index (χ2v) is 3.93. The van der Waals surface area contributed by atoms with Gasteiger partial charge in [-0.15, -0.1) is 10.2 Å². The van der Waals surface area contributed by atoms with Gasteiger partial charge in [0.1, 0.15) is 12.2 Å². The molecule has 1 aromatic heterocycles.